The van der Waals surface area contributed by atoms with Crippen LogP contribution in [0.15, 0.2) is 34.7 Å². The average Bonchev–Trinajstić information content (AvgIpc) is 3.01. The van der Waals surface area contributed by atoms with Gasteiger partial charge >= 0.3 is 0 Å². The van der Waals surface area contributed by atoms with Gasteiger partial charge in [0.05, 0.1) is 5.92 Å². The SMILES string of the molecule is c1ccc(-c2nnc([C@H]3CCNC3)o2)cc1. The molecule has 0 bridgehead atoms. The van der Waals surface area contributed by atoms with Crippen molar-refractivity contribution in [2.24, 2.45) is 0 Å². The summed E-state index contributed by atoms with van der Waals surface area (Å²) in [6.07, 6.45) is 1.08. The quantitative estimate of drug-likeness (QED) is 0.830. The summed E-state index contributed by atoms with van der Waals surface area (Å²) in [5.41, 5.74) is 0.979. The fourth-order valence-electron chi connectivity index (χ4n) is 1.96. The fourth-order valence-corrected chi connectivity index (χ4v) is 1.96. The molecule has 1 aromatic heterocycles. The van der Waals surface area contributed by atoms with Crippen LogP contribution >= 0.6 is 0 Å². The van der Waals surface area contributed by atoms with E-state index < -0.39 is 0 Å². The van der Waals surface area contributed by atoms with Crippen molar-refractivity contribution in [1.82, 2.24) is 15.5 Å². The molecule has 0 unspecified atom stereocenters. The van der Waals surface area contributed by atoms with Crippen LogP contribution in [0.4, 0.5) is 0 Å². The van der Waals surface area contributed by atoms with Crippen LogP contribution in [0.5, 0.6) is 0 Å². The van der Waals surface area contributed by atoms with Crippen LogP contribution in [0.1, 0.15) is 18.2 Å². The maximum absolute atomic E-state index is 5.69. The van der Waals surface area contributed by atoms with E-state index in [1.165, 1.54) is 0 Å². The molecule has 0 aliphatic carbocycles. The Morgan fingerprint density at radius 2 is 2.06 bits per heavy atom. The molecule has 1 aromatic carbocycles. The molecule has 1 saturated heterocycles. The van der Waals surface area contributed by atoms with Gasteiger partial charge in [0.1, 0.15) is 0 Å². The molecule has 0 amide bonds. The van der Waals surface area contributed by atoms with E-state index in [4.69, 9.17) is 4.42 Å². The first-order valence-electron chi connectivity index (χ1n) is 5.53. The van der Waals surface area contributed by atoms with Gasteiger partial charge in [-0.25, -0.2) is 0 Å². The minimum Gasteiger partial charge on any atom is -0.420 e. The Bertz CT molecular complexity index is 460. The number of hydrogen-bond acceptors (Lipinski definition) is 4. The average molecular weight is 215 g/mol. The van der Waals surface area contributed by atoms with Crippen LogP contribution in [0, 0.1) is 0 Å². The molecular formula is C12H13N3O. The minimum atomic E-state index is 0.380. The van der Waals surface area contributed by atoms with Crippen LogP contribution in [-0.4, -0.2) is 23.3 Å². The van der Waals surface area contributed by atoms with Crippen molar-refractivity contribution in [2.75, 3.05) is 13.1 Å². The maximum atomic E-state index is 5.69. The molecule has 1 aliphatic rings. The molecule has 1 N–H and O–H groups in total. The van der Waals surface area contributed by atoms with Crippen molar-refractivity contribution in [2.45, 2.75) is 12.3 Å². The summed E-state index contributed by atoms with van der Waals surface area (Å²) >= 11 is 0. The first-order valence-corrected chi connectivity index (χ1v) is 5.53. The van der Waals surface area contributed by atoms with Crippen LogP contribution in [0.3, 0.4) is 0 Å². The van der Waals surface area contributed by atoms with E-state index in [0.717, 1.165) is 31.0 Å². The molecule has 2 heterocycles. The second-order valence-electron chi connectivity index (χ2n) is 4.00. The van der Waals surface area contributed by atoms with Crippen molar-refractivity contribution in [1.29, 1.82) is 0 Å². The predicted molar refractivity (Wildman–Crippen MR) is 60.0 cm³/mol. The summed E-state index contributed by atoms with van der Waals surface area (Å²) < 4.78 is 5.69. The third-order valence-electron chi connectivity index (χ3n) is 2.87. The van der Waals surface area contributed by atoms with E-state index in [2.05, 4.69) is 15.5 Å². The van der Waals surface area contributed by atoms with Crippen molar-refractivity contribution in [3.63, 3.8) is 0 Å². The molecule has 1 atom stereocenters. The van der Waals surface area contributed by atoms with Gasteiger partial charge in [-0.3, -0.25) is 0 Å². The zero-order chi connectivity index (χ0) is 10.8. The number of nitrogens with zero attached hydrogens (tertiary/aromatic N) is 2. The Morgan fingerprint density at radius 3 is 2.81 bits per heavy atom. The van der Waals surface area contributed by atoms with Crippen LogP contribution < -0.4 is 5.32 Å². The van der Waals surface area contributed by atoms with E-state index in [0.29, 0.717) is 11.8 Å². The lowest BCUT2D eigenvalue weighted by Gasteiger charge is -1.99. The fraction of sp³-hybridized carbons (Fsp3) is 0.333. The largest absolute Gasteiger partial charge is 0.420 e. The first-order chi connectivity index (χ1) is 7.93. The lowest BCUT2D eigenvalue weighted by Crippen LogP contribution is -2.08. The van der Waals surface area contributed by atoms with E-state index in [-0.39, 0.29) is 0 Å². The molecule has 4 heteroatoms. The van der Waals surface area contributed by atoms with E-state index in [1.807, 2.05) is 30.3 Å². The standard InChI is InChI=1S/C12H13N3O/c1-2-4-9(5-3-1)11-14-15-12(16-11)10-6-7-13-8-10/h1-5,10,13H,6-8H2/t10-/m0/s1. The summed E-state index contributed by atoms with van der Waals surface area (Å²) in [4.78, 5) is 0. The topological polar surface area (TPSA) is 51.0 Å². The Hall–Kier alpha value is -1.68. The number of benzene rings is 1. The number of rotatable bonds is 2. The van der Waals surface area contributed by atoms with Crippen LogP contribution in [0.2, 0.25) is 0 Å². The summed E-state index contributed by atoms with van der Waals surface area (Å²) in [6, 6.07) is 9.86. The van der Waals surface area contributed by atoms with Crippen molar-refractivity contribution < 1.29 is 4.42 Å². The van der Waals surface area contributed by atoms with Gasteiger partial charge in [0.15, 0.2) is 0 Å². The summed E-state index contributed by atoms with van der Waals surface area (Å²) in [5, 5.41) is 11.5. The molecule has 4 nitrogen and oxygen atoms in total. The Morgan fingerprint density at radius 1 is 1.19 bits per heavy atom. The van der Waals surface area contributed by atoms with Crippen LogP contribution in [-0.2, 0) is 0 Å². The van der Waals surface area contributed by atoms with E-state index in [9.17, 15) is 0 Å². The van der Waals surface area contributed by atoms with Gasteiger partial charge in [-0.2, -0.15) is 0 Å². The maximum Gasteiger partial charge on any atom is 0.247 e. The summed E-state index contributed by atoms with van der Waals surface area (Å²) in [5.74, 6) is 1.75. The highest BCUT2D eigenvalue weighted by atomic mass is 16.4. The lowest BCUT2D eigenvalue weighted by molar-refractivity contribution is 0.467. The van der Waals surface area contributed by atoms with Gasteiger partial charge in [-0.1, -0.05) is 18.2 Å². The van der Waals surface area contributed by atoms with Crippen LogP contribution in [0.25, 0.3) is 11.5 Å². The second-order valence-corrected chi connectivity index (χ2v) is 4.00. The monoisotopic (exact) mass is 215 g/mol. The highest BCUT2D eigenvalue weighted by Gasteiger charge is 2.22. The minimum absolute atomic E-state index is 0.380. The number of nitrogens with one attached hydrogen (secondary N) is 1. The van der Waals surface area contributed by atoms with Gasteiger partial charge < -0.3 is 9.73 Å². The zero-order valence-electron chi connectivity index (χ0n) is 8.89. The zero-order valence-corrected chi connectivity index (χ0v) is 8.89. The molecule has 3 rings (SSSR count). The van der Waals surface area contributed by atoms with Gasteiger partial charge in [-0.05, 0) is 25.1 Å². The second kappa shape index (κ2) is 4.06. The van der Waals surface area contributed by atoms with Gasteiger partial charge in [0, 0.05) is 12.1 Å². The first kappa shape index (κ1) is 9.54. The molecule has 0 saturated carbocycles. The van der Waals surface area contributed by atoms with E-state index in [1.54, 1.807) is 0 Å². The Kier molecular flexibility index (Phi) is 2.42. The third-order valence-corrected chi connectivity index (χ3v) is 2.87. The molecule has 82 valence electrons. The highest BCUT2D eigenvalue weighted by Crippen LogP contribution is 2.24. The number of aromatic nitrogens is 2. The van der Waals surface area contributed by atoms with Crippen molar-refractivity contribution >= 4 is 0 Å². The lowest BCUT2D eigenvalue weighted by atomic mass is 10.1. The molecule has 0 radical (unpaired) electrons. The highest BCUT2D eigenvalue weighted by molar-refractivity contribution is 5.51. The van der Waals surface area contributed by atoms with Crippen molar-refractivity contribution in [3.8, 4) is 11.5 Å². The number of hydrogen-bond donors (Lipinski definition) is 1. The Balaban J connectivity index is 1.87. The smallest absolute Gasteiger partial charge is 0.247 e. The summed E-state index contributed by atoms with van der Waals surface area (Å²) in [6.45, 7) is 1.98. The van der Waals surface area contributed by atoms with Gasteiger partial charge in [0.25, 0.3) is 0 Å². The van der Waals surface area contributed by atoms with Crippen molar-refractivity contribution in [3.05, 3.63) is 36.2 Å². The molecule has 0 spiro atoms. The van der Waals surface area contributed by atoms with Gasteiger partial charge in [-0.15, -0.1) is 10.2 Å². The molecule has 2 aromatic rings. The summed E-state index contributed by atoms with van der Waals surface area (Å²) in [7, 11) is 0. The molecule has 1 fully saturated rings. The normalized spacial score (nSPS) is 20.1. The molecule has 1 aliphatic heterocycles. The third kappa shape index (κ3) is 1.72. The molecule has 16 heavy (non-hydrogen) atoms. The Labute approximate surface area is 93.7 Å². The van der Waals surface area contributed by atoms with E-state index >= 15 is 0 Å². The molecular weight excluding hydrogens is 202 g/mol. The predicted octanol–water partition coefficient (Wildman–Crippen LogP) is 1.81. The van der Waals surface area contributed by atoms with Gasteiger partial charge in [0.2, 0.25) is 11.8 Å².